The maximum Gasteiger partial charge on any atom is 0.325 e. The first-order valence-electron chi connectivity index (χ1n) is 20.5. The van der Waals surface area contributed by atoms with Crippen molar-refractivity contribution >= 4 is 65.2 Å². The van der Waals surface area contributed by atoms with Gasteiger partial charge in [-0.05, 0) is 57.3 Å². The number of carboxylic acid groups (broad SMARTS) is 2. The molecule has 0 fully saturated rings. The van der Waals surface area contributed by atoms with E-state index in [9.17, 15) is 58.5 Å². The molecular weight excluding hydrogens is 848 g/mol. The van der Waals surface area contributed by atoms with Crippen LogP contribution in [0.1, 0.15) is 79.6 Å². The predicted octanol–water partition coefficient (Wildman–Crippen LogP) is -6.11. The topological polar surface area (TPSA) is 469 Å². The third-order valence-electron chi connectivity index (χ3n) is 9.01. The van der Waals surface area contributed by atoms with Gasteiger partial charge in [0.2, 0.25) is 41.4 Å². The van der Waals surface area contributed by atoms with Gasteiger partial charge in [0.25, 0.3) is 0 Å². The molecule has 8 atom stereocenters. The Bertz CT molecular complexity index is 1630. The SMILES string of the molecule is CC(C)C[C@H](NC(=O)[C@H](CCCNC(=N)N)NC(=O)[C@H](CO)NC(=O)[C@@H](N)CC(C)C)C(=O)N[C@@H](CCCNC(=N)N)C(=O)N[C@@H](CC(=O)O)C(=O)N[C@@H](CO)C(=O)N[C@@H](C)C(=O)O. The first-order chi connectivity index (χ1) is 29.8. The van der Waals surface area contributed by atoms with Crippen molar-refractivity contribution in [3.05, 3.63) is 0 Å². The smallest absolute Gasteiger partial charge is 0.325 e. The average Bonchev–Trinajstić information content (AvgIpc) is 3.19. The molecule has 0 rings (SSSR count). The van der Waals surface area contributed by atoms with Crippen LogP contribution in [0.5, 0.6) is 0 Å². The summed E-state index contributed by atoms with van der Waals surface area (Å²) >= 11 is 0. The highest BCUT2D eigenvalue weighted by atomic mass is 16.4. The molecule has 0 bridgehead atoms. The second kappa shape index (κ2) is 29.9. The van der Waals surface area contributed by atoms with Gasteiger partial charge in [-0.1, -0.05) is 27.7 Å². The van der Waals surface area contributed by atoms with Gasteiger partial charge in [-0.25, -0.2) is 0 Å². The fraction of sp³-hybridized carbons (Fsp3) is 0.703. The van der Waals surface area contributed by atoms with Gasteiger partial charge in [-0.2, -0.15) is 0 Å². The molecule has 0 aliphatic carbocycles. The van der Waals surface area contributed by atoms with Crippen LogP contribution in [-0.4, -0.2) is 160 Å². The molecule has 0 aromatic carbocycles. The van der Waals surface area contributed by atoms with Gasteiger partial charge >= 0.3 is 11.9 Å². The summed E-state index contributed by atoms with van der Waals surface area (Å²) in [6, 6.07) is -12.0. The predicted molar refractivity (Wildman–Crippen MR) is 228 cm³/mol. The number of hydrogen-bond donors (Lipinski definition) is 18. The number of amides is 7. The molecule has 0 aromatic heterocycles. The van der Waals surface area contributed by atoms with Crippen molar-refractivity contribution < 1.29 is 63.6 Å². The molecule has 364 valence electrons. The second-order valence-electron chi connectivity index (χ2n) is 15.7. The van der Waals surface area contributed by atoms with Crippen LogP contribution < -0.4 is 65.1 Å². The quantitative estimate of drug-likeness (QED) is 0.0175. The summed E-state index contributed by atoms with van der Waals surface area (Å²) in [6.45, 7) is 6.39. The van der Waals surface area contributed by atoms with Gasteiger partial charge < -0.3 is 85.5 Å². The van der Waals surface area contributed by atoms with Gasteiger partial charge in [0.05, 0.1) is 25.7 Å². The Morgan fingerprint density at radius 2 is 0.844 bits per heavy atom. The maximum absolute atomic E-state index is 14.0. The summed E-state index contributed by atoms with van der Waals surface area (Å²) in [5.41, 5.74) is 16.6. The van der Waals surface area contributed by atoms with E-state index >= 15 is 0 Å². The summed E-state index contributed by atoms with van der Waals surface area (Å²) in [5.74, 6) is -11.1. The molecule has 0 aliphatic heterocycles. The van der Waals surface area contributed by atoms with Crippen LogP contribution in [0.3, 0.4) is 0 Å². The number of aliphatic hydroxyl groups is 2. The van der Waals surface area contributed by atoms with E-state index in [0.29, 0.717) is 0 Å². The molecular formula is C37H68N14O13. The van der Waals surface area contributed by atoms with Crippen LogP contribution in [0.15, 0.2) is 0 Å². The van der Waals surface area contributed by atoms with Gasteiger partial charge in [-0.3, -0.25) is 54.0 Å². The number of hydrogen-bond acceptors (Lipinski definition) is 14. The van der Waals surface area contributed by atoms with Gasteiger partial charge in [0.1, 0.15) is 42.3 Å². The van der Waals surface area contributed by atoms with Crippen molar-refractivity contribution in [1.29, 1.82) is 10.8 Å². The normalized spacial score (nSPS) is 14.7. The number of rotatable bonds is 31. The highest BCUT2D eigenvalue weighted by molar-refractivity contribution is 5.98. The van der Waals surface area contributed by atoms with Crippen molar-refractivity contribution in [3.8, 4) is 0 Å². The molecule has 0 spiro atoms. The molecule has 64 heavy (non-hydrogen) atoms. The van der Waals surface area contributed by atoms with E-state index in [1.807, 2.05) is 19.2 Å². The molecule has 0 radical (unpaired) electrons. The molecule has 0 unspecified atom stereocenters. The number of carbonyl (C=O) groups is 9. The summed E-state index contributed by atoms with van der Waals surface area (Å²) in [6.07, 6.45) is -0.946. The molecule has 21 N–H and O–H groups in total. The van der Waals surface area contributed by atoms with Crippen molar-refractivity contribution in [2.24, 2.45) is 29.0 Å². The minimum atomic E-state index is -1.91. The van der Waals surface area contributed by atoms with Crippen LogP contribution in [0.2, 0.25) is 0 Å². The third kappa shape index (κ3) is 23.8. The molecule has 0 aromatic rings. The molecule has 0 aliphatic rings. The second-order valence-corrected chi connectivity index (χ2v) is 15.7. The number of nitrogens with two attached hydrogens (primary N) is 3. The Morgan fingerprint density at radius 3 is 1.23 bits per heavy atom. The fourth-order valence-electron chi connectivity index (χ4n) is 5.70. The van der Waals surface area contributed by atoms with E-state index in [-0.39, 0.29) is 69.4 Å². The minimum Gasteiger partial charge on any atom is -0.481 e. The lowest BCUT2D eigenvalue weighted by Gasteiger charge is -2.28. The Balaban J connectivity index is 6.59. The third-order valence-corrected chi connectivity index (χ3v) is 9.01. The van der Waals surface area contributed by atoms with Gasteiger partial charge in [0, 0.05) is 13.1 Å². The Hall–Kier alpha value is -6.35. The lowest BCUT2D eigenvalue weighted by molar-refractivity contribution is -0.143. The monoisotopic (exact) mass is 917 g/mol. The zero-order valence-corrected chi connectivity index (χ0v) is 36.7. The number of carbonyl (C=O) groups excluding carboxylic acids is 7. The Kier molecular flexibility index (Phi) is 26.9. The first-order valence-corrected chi connectivity index (χ1v) is 20.5. The van der Waals surface area contributed by atoms with Crippen LogP contribution in [0.25, 0.3) is 0 Å². The van der Waals surface area contributed by atoms with E-state index < -0.39 is 127 Å². The summed E-state index contributed by atoms with van der Waals surface area (Å²) in [7, 11) is 0. The molecule has 7 amide bonds. The van der Waals surface area contributed by atoms with Gasteiger partial charge in [0.15, 0.2) is 11.9 Å². The van der Waals surface area contributed by atoms with Crippen LogP contribution >= 0.6 is 0 Å². The summed E-state index contributed by atoms with van der Waals surface area (Å²) < 4.78 is 0. The number of aliphatic hydroxyl groups excluding tert-OH is 2. The molecule has 0 saturated carbocycles. The van der Waals surface area contributed by atoms with Crippen LogP contribution in [0.4, 0.5) is 0 Å². The zero-order chi connectivity index (χ0) is 49.3. The standard InChI is InChI=1S/C37H68N14O13/c1-17(2)12-20(38)28(56)50-26(16-53)34(62)47-22(9-7-11-44-37(41)42)29(57)48-23(13-18(3)4)31(59)46-21(8-6-10-43-36(39)40)30(58)49-24(14-27(54)55)32(60)51-25(15-52)33(61)45-19(5)35(63)64/h17-26,52-53H,6-16,38H2,1-5H3,(H,45,61)(H,46,59)(H,47,62)(H,48,57)(H,49,58)(H,50,56)(H,51,60)(H,54,55)(H,63,64)(H4,39,40,43)(H4,41,42,44)/t19-,20-,21-,22-,23-,24-,25-,26-/m0/s1. The molecule has 0 heterocycles. The van der Waals surface area contributed by atoms with E-state index in [1.165, 1.54) is 0 Å². The zero-order valence-electron chi connectivity index (χ0n) is 36.7. The maximum atomic E-state index is 14.0. The van der Waals surface area contributed by atoms with E-state index in [2.05, 4.69) is 42.5 Å². The lowest BCUT2D eigenvalue weighted by Crippen LogP contribution is -2.61. The Labute approximate surface area is 370 Å². The summed E-state index contributed by atoms with van der Waals surface area (Å²) in [4.78, 5) is 116. The first kappa shape index (κ1) is 57.6. The van der Waals surface area contributed by atoms with E-state index in [4.69, 9.17) is 33.1 Å². The van der Waals surface area contributed by atoms with Crippen molar-refractivity contribution in [2.45, 2.75) is 128 Å². The Morgan fingerprint density at radius 1 is 0.500 bits per heavy atom. The van der Waals surface area contributed by atoms with Crippen LogP contribution in [0, 0.1) is 22.7 Å². The van der Waals surface area contributed by atoms with Crippen molar-refractivity contribution in [3.63, 3.8) is 0 Å². The highest BCUT2D eigenvalue weighted by Crippen LogP contribution is 2.10. The number of guanidine groups is 2. The van der Waals surface area contributed by atoms with E-state index in [1.54, 1.807) is 13.8 Å². The number of aliphatic carboxylic acids is 2. The largest absolute Gasteiger partial charge is 0.481 e. The van der Waals surface area contributed by atoms with Crippen LogP contribution in [-0.2, 0) is 43.2 Å². The van der Waals surface area contributed by atoms with Crippen molar-refractivity contribution in [1.82, 2.24) is 47.9 Å². The molecule has 27 heteroatoms. The average molecular weight is 917 g/mol. The summed E-state index contributed by atoms with van der Waals surface area (Å²) in [5, 5.41) is 74.4. The molecule has 0 saturated heterocycles. The van der Waals surface area contributed by atoms with E-state index in [0.717, 1.165) is 6.92 Å². The molecule has 27 nitrogen and oxygen atoms in total. The highest BCUT2D eigenvalue weighted by Gasteiger charge is 2.35. The van der Waals surface area contributed by atoms with Crippen molar-refractivity contribution in [2.75, 3.05) is 26.3 Å². The number of nitrogens with one attached hydrogen (secondary N) is 11. The van der Waals surface area contributed by atoms with Gasteiger partial charge in [-0.15, -0.1) is 0 Å². The fourth-order valence-corrected chi connectivity index (χ4v) is 5.70. The minimum absolute atomic E-state index is 0.0149. The lowest BCUT2D eigenvalue weighted by atomic mass is 10.0. The number of carboxylic acids is 2.